The van der Waals surface area contributed by atoms with E-state index in [9.17, 15) is 4.79 Å². The maximum atomic E-state index is 12.4. The van der Waals surface area contributed by atoms with Gasteiger partial charge in [0, 0.05) is 5.39 Å². The summed E-state index contributed by atoms with van der Waals surface area (Å²) >= 11 is 1.32. The average Bonchev–Trinajstić information content (AvgIpc) is 3.08. The number of benzene rings is 3. The van der Waals surface area contributed by atoms with E-state index in [0.29, 0.717) is 28.2 Å². The van der Waals surface area contributed by atoms with Crippen LogP contribution in [0.3, 0.4) is 0 Å². The summed E-state index contributed by atoms with van der Waals surface area (Å²) in [7, 11) is 1.60. The first-order valence-corrected chi connectivity index (χ1v) is 10.1. The van der Waals surface area contributed by atoms with Crippen molar-refractivity contribution in [2.45, 2.75) is 6.92 Å². The molecule has 3 aromatic rings. The van der Waals surface area contributed by atoms with Gasteiger partial charge in [-0.2, -0.15) is 0 Å². The van der Waals surface area contributed by atoms with Crippen LogP contribution in [0.2, 0.25) is 0 Å². The van der Waals surface area contributed by atoms with Gasteiger partial charge in [-0.15, -0.1) is 0 Å². The summed E-state index contributed by atoms with van der Waals surface area (Å²) < 4.78 is 10.9. The van der Waals surface area contributed by atoms with E-state index in [1.54, 1.807) is 7.11 Å². The average molecular weight is 404 g/mol. The highest BCUT2D eigenvalue weighted by atomic mass is 32.2. The van der Waals surface area contributed by atoms with Crippen molar-refractivity contribution in [2.75, 3.05) is 13.7 Å². The maximum absolute atomic E-state index is 12.4. The minimum atomic E-state index is -0.165. The normalized spacial score (nSPS) is 16.4. The van der Waals surface area contributed by atoms with E-state index >= 15 is 0 Å². The number of carbonyl (C=O) groups excluding carboxylic acids is 1. The third-order valence-electron chi connectivity index (χ3n) is 4.42. The molecule has 1 N–H and O–H groups in total. The monoisotopic (exact) mass is 404 g/mol. The molecule has 0 saturated carbocycles. The lowest BCUT2D eigenvalue weighted by Crippen LogP contribution is -2.19. The number of fused-ring (bicyclic) bond motifs is 1. The van der Waals surface area contributed by atoms with Crippen LogP contribution in [0.5, 0.6) is 11.5 Å². The molecule has 1 saturated heterocycles. The minimum Gasteiger partial charge on any atom is -0.493 e. The molecule has 0 aliphatic carbocycles. The van der Waals surface area contributed by atoms with Crippen LogP contribution >= 0.6 is 11.8 Å². The number of amidine groups is 1. The molecule has 1 aliphatic rings. The fraction of sp³-hybridized carbons (Fsp3) is 0.130. The molecule has 4 rings (SSSR count). The first-order valence-electron chi connectivity index (χ1n) is 9.26. The number of hydrogen-bond donors (Lipinski definition) is 1. The van der Waals surface area contributed by atoms with Crippen molar-refractivity contribution in [3.8, 4) is 11.5 Å². The van der Waals surface area contributed by atoms with Crippen molar-refractivity contribution in [1.82, 2.24) is 5.32 Å². The molecule has 146 valence electrons. The molecule has 1 fully saturated rings. The predicted molar refractivity (Wildman–Crippen MR) is 119 cm³/mol. The molecule has 29 heavy (non-hydrogen) atoms. The molecule has 0 atom stereocenters. The molecule has 0 spiro atoms. The van der Waals surface area contributed by atoms with E-state index in [4.69, 9.17) is 9.47 Å². The lowest BCUT2D eigenvalue weighted by Gasteiger charge is -2.09. The zero-order valence-electron chi connectivity index (χ0n) is 16.1. The van der Waals surface area contributed by atoms with E-state index in [2.05, 4.69) is 10.3 Å². The second-order valence-electron chi connectivity index (χ2n) is 6.32. The Hall–Kier alpha value is -3.25. The van der Waals surface area contributed by atoms with Gasteiger partial charge >= 0.3 is 0 Å². The SMILES string of the molecule is CCOc1ccc(C=C2SC(=Nc3cccc4ccccc34)NC2=O)cc1OC. The highest BCUT2D eigenvalue weighted by Gasteiger charge is 2.24. The quantitative estimate of drug-likeness (QED) is 0.598. The van der Waals surface area contributed by atoms with Crippen molar-refractivity contribution >= 4 is 45.4 Å². The van der Waals surface area contributed by atoms with Gasteiger partial charge < -0.3 is 14.8 Å². The fourth-order valence-corrected chi connectivity index (χ4v) is 3.93. The third-order valence-corrected chi connectivity index (χ3v) is 5.33. The molecule has 6 heteroatoms. The summed E-state index contributed by atoms with van der Waals surface area (Å²) in [5.74, 6) is 1.15. The standard InChI is InChI=1S/C23H20N2O3S/c1-3-28-19-12-11-15(13-20(19)27-2)14-21-22(26)25-23(29-21)24-18-10-6-8-16-7-4-5-9-17(16)18/h4-14H,3H2,1-2H3,(H,24,25,26). The van der Waals surface area contributed by atoms with E-state index in [0.717, 1.165) is 22.0 Å². The topological polar surface area (TPSA) is 59.9 Å². The Morgan fingerprint density at radius 2 is 1.90 bits per heavy atom. The van der Waals surface area contributed by atoms with Gasteiger partial charge in [0.25, 0.3) is 5.91 Å². The molecular weight excluding hydrogens is 384 g/mol. The number of thioether (sulfide) groups is 1. The third kappa shape index (κ3) is 4.12. The molecule has 0 aromatic heterocycles. The van der Waals surface area contributed by atoms with Crippen LogP contribution in [0.25, 0.3) is 16.8 Å². The molecule has 1 amide bonds. The molecule has 0 unspecified atom stereocenters. The number of nitrogens with one attached hydrogen (secondary N) is 1. The number of nitrogens with zero attached hydrogens (tertiary/aromatic N) is 1. The van der Waals surface area contributed by atoms with Gasteiger partial charge in [-0.3, -0.25) is 4.79 Å². The van der Waals surface area contributed by atoms with E-state index in [1.165, 1.54) is 11.8 Å². The Kier molecular flexibility index (Phi) is 5.53. The first kappa shape index (κ1) is 19.1. The molecule has 1 aliphatic heterocycles. The van der Waals surface area contributed by atoms with Gasteiger partial charge in [0.15, 0.2) is 16.7 Å². The fourth-order valence-electron chi connectivity index (χ4n) is 3.10. The highest BCUT2D eigenvalue weighted by molar-refractivity contribution is 8.18. The Labute approximate surface area is 173 Å². The van der Waals surface area contributed by atoms with Gasteiger partial charge in [0.1, 0.15) is 0 Å². The molecular formula is C23H20N2O3S. The Morgan fingerprint density at radius 1 is 1.07 bits per heavy atom. The molecule has 0 radical (unpaired) electrons. The zero-order valence-corrected chi connectivity index (χ0v) is 17.0. The van der Waals surface area contributed by atoms with Crippen LogP contribution in [-0.4, -0.2) is 24.8 Å². The molecule has 3 aromatic carbocycles. The van der Waals surface area contributed by atoms with E-state index < -0.39 is 0 Å². The van der Waals surface area contributed by atoms with Gasteiger partial charge in [-0.05, 0) is 53.9 Å². The predicted octanol–water partition coefficient (Wildman–Crippen LogP) is 5.14. The molecule has 5 nitrogen and oxygen atoms in total. The number of carbonyl (C=O) groups is 1. The van der Waals surface area contributed by atoms with Crippen LogP contribution in [0.4, 0.5) is 5.69 Å². The summed E-state index contributed by atoms with van der Waals surface area (Å²) in [5.41, 5.74) is 1.68. The van der Waals surface area contributed by atoms with Crippen molar-refractivity contribution < 1.29 is 14.3 Å². The van der Waals surface area contributed by atoms with Crippen molar-refractivity contribution in [1.29, 1.82) is 0 Å². The second-order valence-corrected chi connectivity index (χ2v) is 7.35. The largest absolute Gasteiger partial charge is 0.493 e. The Balaban J connectivity index is 1.61. The Bertz CT molecular complexity index is 1130. The minimum absolute atomic E-state index is 0.165. The Morgan fingerprint density at radius 3 is 2.72 bits per heavy atom. The number of amides is 1. The number of rotatable bonds is 5. The van der Waals surface area contributed by atoms with Crippen LogP contribution in [0.15, 0.2) is 70.6 Å². The first-order chi connectivity index (χ1) is 14.2. The van der Waals surface area contributed by atoms with E-state index in [-0.39, 0.29) is 5.91 Å². The zero-order chi connectivity index (χ0) is 20.2. The van der Waals surface area contributed by atoms with Gasteiger partial charge in [-0.25, -0.2) is 4.99 Å². The number of hydrogen-bond acceptors (Lipinski definition) is 5. The van der Waals surface area contributed by atoms with Crippen molar-refractivity contribution in [3.05, 3.63) is 71.1 Å². The van der Waals surface area contributed by atoms with Crippen LogP contribution in [0, 0.1) is 0 Å². The second kappa shape index (κ2) is 8.41. The molecule has 0 bridgehead atoms. The van der Waals surface area contributed by atoms with Crippen molar-refractivity contribution in [2.24, 2.45) is 4.99 Å². The number of aliphatic imine (C=N–C) groups is 1. The van der Waals surface area contributed by atoms with Crippen LogP contribution in [-0.2, 0) is 4.79 Å². The maximum Gasteiger partial charge on any atom is 0.264 e. The van der Waals surface area contributed by atoms with E-state index in [1.807, 2.05) is 73.7 Å². The van der Waals surface area contributed by atoms with Gasteiger partial charge in [0.2, 0.25) is 0 Å². The summed E-state index contributed by atoms with van der Waals surface area (Å²) in [6, 6.07) is 19.6. The summed E-state index contributed by atoms with van der Waals surface area (Å²) in [4.78, 5) is 17.7. The highest BCUT2D eigenvalue weighted by Crippen LogP contribution is 2.33. The summed E-state index contributed by atoms with van der Waals surface area (Å²) in [6.07, 6.45) is 1.82. The lowest BCUT2D eigenvalue weighted by atomic mass is 10.1. The van der Waals surface area contributed by atoms with Crippen LogP contribution in [0.1, 0.15) is 12.5 Å². The number of methoxy groups -OCH3 is 1. The summed E-state index contributed by atoms with van der Waals surface area (Å²) in [5, 5.41) is 5.57. The van der Waals surface area contributed by atoms with Gasteiger partial charge in [0.05, 0.1) is 24.3 Å². The van der Waals surface area contributed by atoms with Crippen molar-refractivity contribution in [3.63, 3.8) is 0 Å². The molecule has 1 heterocycles. The number of ether oxygens (including phenoxy) is 2. The smallest absolute Gasteiger partial charge is 0.264 e. The van der Waals surface area contributed by atoms with Crippen LogP contribution < -0.4 is 14.8 Å². The summed E-state index contributed by atoms with van der Waals surface area (Å²) in [6.45, 7) is 2.48. The lowest BCUT2D eigenvalue weighted by molar-refractivity contribution is -0.115. The van der Waals surface area contributed by atoms with Gasteiger partial charge in [-0.1, -0.05) is 42.5 Å².